The minimum atomic E-state index is -1.20. The Hall–Kier alpha value is -1.98. The van der Waals surface area contributed by atoms with Crippen LogP contribution in [0.2, 0.25) is 5.02 Å². The van der Waals surface area contributed by atoms with Crippen molar-refractivity contribution < 1.29 is 14.4 Å². The Bertz CT molecular complexity index is 648. The SMILES string of the molecule is O=[N+]([O-])c1ccccc1CC(O)c1cccc(Cl)c1F. The van der Waals surface area contributed by atoms with Gasteiger partial charge in [0.15, 0.2) is 0 Å². The van der Waals surface area contributed by atoms with Crippen LogP contribution in [0.3, 0.4) is 0 Å². The zero-order chi connectivity index (χ0) is 14.7. The third kappa shape index (κ3) is 2.95. The molecule has 0 saturated carbocycles. The number of benzene rings is 2. The zero-order valence-corrected chi connectivity index (χ0v) is 11.0. The number of hydrogen-bond acceptors (Lipinski definition) is 3. The molecular weight excluding hydrogens is 285 g/mol. The van der Waals surface area contributed by atoms with Crippen LogP contribution in [0, 0.1) is 15.9 Å². The molecule has 1 unspecified atom stereocenters. The summed E-state index contributed by atoms with van der Waals surface area (Å²) in [5, 5.41) is 20.9. The molecule has 1 N–H and O–H groups in total. The molecule has 0 bridgehead atoms. The summed E-state index contributed by atoms with van der Waals surface area (Å²) in [5.74, 6) is -0.708. The van der Waals surface area contributed by atoms with Crippen LogP contribution in [0.4, 0.5) is 10.1 Å². The fourth-order valence-corrected chi connectivity index (χ4v) is 2.14. The van der Waals surface area contributed by atoms with E-state index in [9.17, 15) is 19.6 Å². The molecule has 2 aromatic rings. The Morgan fingerprint density at radius 3 is 2.65 bits per heavy atom. The number of nitro benzene ring substituents is 1. The molecule has 4 nitrogen and oxygen atoms in total. The van der Waals surface area contributed by atoms with Gasteiger partial charge in [-0.15, -0.1) is 0 Å². The highest BCUT2D eigenvalue weighted by atomic mass is 35.5. The molecule has 1 atom stereocenters. The van der Waals surface area contributed by atoms with Crippen LogP contribution in [0.25, 0.3) is 0 Å². The van der Waals surface area contributed by atoms with Crippen molar-refractivity contribution in [2.75, 3.05) is 0 Å². The highest BCUT2D eigenvalue weighted by Gasteiger charge is 2.20. The fraction of sp³-hybridized carbons (Fsp3) is 0.143. The lowest BCUT2D eigenvalue weighted by atomic mass is 10.00. The van der Waals surface area contributed by atoms with Crippen molar-refractivity contribution >= 4 is 17.3 Å². The third-order valence-electron chi connectivity index (χ3n) is 2.94. The number of rotatable bonds is 4. The minimum Gasteiger partial charge on any atom is -0.388 e. The van der Waals surface area contributed by atoms with Gasteiger partial charge in [-0.3, -0.25) is 10.1 Å². The molecule has 0 amide bonds. The van der Waals surface area contributed by atoms with Crippen molar-refractivity contribution in [3.05, 3.63) is 74.5 Å². The summed E-state index contributed by atoms with van der Waals surface area (Å²) in [6.45, 7) is 0. The summed E-state index contributed by atoms with van der Waals surface area (Å²) in [6.07, 6.45) is -1.26. The number of aliphatic hydroxyl groups excluding tert-OH is 1. The second-order valence-corrected chi connectivity index (χ2v) is 4.66. The molecule has 0 radical (unpaired) electrons. The van der Waals surface area contributed by atoms with E-state index in [-0.39, 0.29) is 22.7 Å². The van der Waals surface area contributed by atoms with E-state index in [1.807, 2.05) is 0 Å². The van der Waals surface area contributed by atoms with Crippen LogP contribution in [-0.4, -0.2) is 10.0 Å². The summed E-state index contributed by atoms with van der Waals surface area (Å²) < 4.78 is 13.8. The van der Waals surface area contributed by atoms with Gasteiger partial charge in [-0.1, -0.05) is 41.9 Å². The lowest BCUT2D eigenvalue weighted by Crippen LogP contribution is -2.06. The second kappa shape index (κ2) is 5.98. The molecule has 2 rings (SSSR count). The number of nitrogens with zero attached hydrogens (tertiary/aromatic N) is 1. The first-order valence-electron chi connectivity index (χ1n) is 5.85. The minimum absolute atomic E-state index is 0.0238. The van der Waals surface area contributed by atoms with Gasteiger partial charge in [0.2, 0.25) is 0 Å². The third-order valence-corrected chi connectivity index (χ3v) is 3.23. The van der Waals surface area contributed by atoms with Crippen LogP contribution in [0.1, 0.15) is 17.2 Å². The Morgan fingerprint density at radius 2 is 1.95 bits per heavy atom. The molecule has 6 heteroatoms. The largest absolute Gasteiger partial charge is 0.388 e. The van der Waals surface area contributed by atoms with Crippen molar-refractivity contribution in [3.8, 4) is 0 Å². The van der Waals surface area contributed by atoms with Gasteiger partial charge in [0.1, 0.15) is 5.82 Å². The fourth-order valence-electron chi connectivity index (χ4n) is 1.96. The van der Waals surface area contributed by atoms with Crippen molar-refractivity contribution in [1.29, 1.82) is 0 Å². The number of halogens is 2. The van der Waals surface area contributed by atoms with Crippen molar-refractivity contribution in [2.24, 2.45) is 0 Å². The molecule has 0 aliphatic heterocycles. The Kier molecular flexibility index (Phi) is 4.32. The lowest BCUT2D eigenvalue weighted by Gasteiger charge is -2.12. The molecule has 0 aliphatic carbocycles. The molecule has 0 spiro atoms. The summed E-state index contributed by atoms with van der Waals surface area (Å²) in [6, 6.07) is 10.3. The van der Waals surface area contributed by atoms with Gasteiger partial charge in [0.05, 0.1) is 16.0 Å². The Labute approximate surface area is 119 Å². The highest BCUT2D eigenvalue weighted by Crippen LogP contribution is 2.28. The first kappa shape index (κ1) is 14.4. The predicted octanol–water partition coefficient (Wildman–Crippen LogP) is 3.66. The quantitative estimate of drug-likeness (QED) is 0.691. The highest BCUT2D eigenvalue weighted by molar-refractivity contribution is 6.30. The summed E-state index contributed by atoms with van der Waals surface area (Å²) in [4.78, 5) is 10.4. The molecule has 0 saturated heterocycles. The zero-order valence-electron chi connectivity index (χ0n) is 10.3. The van der Waals surface area contributed by atoms with E-state index in [0.29, 0.717) is 5.56 Å². The average molecular weight is 296 g/mol. The first-order chi connectivity index (χ1) is 9.50. The maximum Gasteiger partial charge on any atom is 0.272 e. The molecule has 20 heavy (non-hydrogen) atoms. The summed E-state index contributed by atoms with van der Waals surface area (Å²) >= 11 is 5.65. The van der Waals surface area contributed by atoms with Crippen molar-refractivity contribution in [2.45, 2.75) is 12.5 Å². The van der Waals surface area contributed by atoms with E-state index >= 15 is 0 Å². The molecular formula is C14H11ClFNO3. The van der Waals surface area contributed by atoms with Crippen LogP contribution in [0.5, 0.6) is 0 Å². The monoisotopic (exact) mass is 295 g/mol. The van der Waals surface area contributed by atoms with Gasteiger partial charge in [0.25, 0.3) is 5.69 Å². The number of aliphatic hydroxyl groups is 1. The van der Waals surface area contributed by atoms with Crippen LogP contribution >= 0.6 is 11.6 Å². The van der Waals surface area contributed by atoms with E-state index in [0.717, 1.165) is 0 Å². The first-order valence-corrected chi connectivity index (χ1v) is 6.22. The second-order valence-electron chi connectivity index (χ2n) is 4.25. The van der Waals surface area contributed by atoms with E-state index in [2.05, 4.69) is 0 Å². The van der Waals surface area contributed by atoms with Crippen LogP contribution < -0.4 is 0 Å². The normalized spacial score (nSPS) is 12.2. The van der Waals surface area contributed by atoms with Crippen LogP contribution in [-0.2, 0) is 6.42 Å². The molecule has 0 aliphatic rings. The molecule has 0 heterocycles. The molecule has 0 fully saturated rings. The maximum absolute atomic E-state index is 13.8. The van der Waals surface area contributed by atoms with Crippen LogP contribution in [0.15, 0.2) is 42.5 Å². The van der Waals surface area contributed by atoms with E-state index in [1.54, 1.807) is 6.07 Å². The van der Waals surface area contributed by atoms with E-state index in [4.69, 9.17) is 11.6 Å². The van der Waals surface area contributed by atoms with Gasteiger partial charge < -0.3 is 5.11 Å². The van der Waals surface area contributed by atoms with E-state index < -0.39 is 16.8 Å². The van der Waals surface area contributed by atoms with Gasteiger partial charge in [-0.05, 0) is 6.07 Å². The lowest BCUT2D eigenvalue weighted by molar-refractivity contribution is -0.385. The topological polar surface area (TPSA) is 63.4 Å². The van der Waals surface area contributed by atoms with Crippen molar-refractivity contribution in [3.63, 3.8) is 0 Å². The molecule has 0 aromatic heterocycles. The summed E-state index contributed by atoms with van der Waals surface area (Å²) in [7, 11) is 0. The summed E-state index contributed by atoms with van der Waals surface area (Å²) in [5.41, 5.74) is 0.258. The number of para-hydroxylation sites is 1. The van der Waals surface area contributed by atoms with Crippen molar-refractivity contribution in [1.82, 2.24) is 0 Å². The smallest absolute Gasteiger partial charge is 0.272 e. The Morgan fingerprint density at radius 1 is 1.25 bits per heavy atom. The van der Waals surface area contributed by atoms with Gasteiger partial charge >= 0.3 is 0 Å². The average Bonchev–Trinajstić information content (AvgIpc) is 2.42. The number of nitro groups is 1. The molecule has 2 aromatic carbocycles. The van der Waals surface area contributed by atoms with E-state index in [1.165, 1.54) is 36.4 Å². The van der Waals surface area contributed by atoms with Gasteiger partial charge in [-0.2, -0.15) is 0 Å². The van der Waals surface area contributed by atoms with Gasteiger partial charge in [0, 0.05) is 23.6 Å². The van der Waals surface area contributed by atoms with Gasteiger partial charge in [-0.25, -0.2) is 4.39 Å². The predicted molar refractivity (Wildman–Crippen MR) is 73.2 cm³/mol. The molecule has 104 valence electrons. The standard InChI is InChI=1S/C14H11ClFNO3/c15-11-6-3-5-10(14(11)16)13(18)8-9-4-1-2-7-12(9)17(19)20/h1-7,13,18H,8H2. The Balaban J connectivity index is 2.30. The number of hydrogen-bond donors (Lipinski definition) is 1. The maximum atomic E-state index is 13.8.